The molecule has 0 amide bonds. The molecule has 0 saturated heterocycles. The van der Waals surface area contributed by atoms with E-state index in [0.717, 1.165) is 10.1 Å². The average molecular weight is 553 g/mol. The molecule has 0 fully saturated rings. The van der Waals surface area contributed by atoms with Crippen LogP contribution in [-0.2, 0) is 26.6 Å². The number of hydrogen-bond donors (Lipinski definition) is 1. The zero-order valence-electron chi connectivity index (χ0n) is 20.0. The third kappa shape index (κ3) is 5.87. The number of hydrogen-bond acceptors (Lipinski definition) is 5. The van der Waals surface area contributed by atoms with Gasteiger partial charge in [0.2, 0.25) is 0 Å². The van der Waals surface area contributed by atoms with Crippen molar-refractivity contribution in [1.82, 2.24) is 18.7 Å². The van der Waals surface area contributed by atoms with Crippen LogP contribution in [0.5, 0.6) is 5.75 Å². The van der Waals surface area contributed by atoms with E-state index in [9.17, 15) is 23.5 Å². The number of aliphatic hydroxyl groups is 1. The van der Waals surface area contributed by atoms with Gasteiger partial charge in [0.25, 0.3) is 5.56 Å². The molecule has 0 aliphatic heterocycles. The van der Waals surface area contributed by atoms with Gasteiger partial charge in [0.05, 0.1) is 5.02 Å². The van der Waals surface area contributed by atoms with Crippen molar-refractivity contribution in [2.45, 2.75) is 39.0 Å². The molecule has 0 aliphatic carbocycles. The zero-order valence-corrected chi connectivity index (χ0v) is 21.6. The highest BCUT2D eigenvalue weighted by molar-refractivity contribution is 6.32. The lowest BCUT2D eigenvalue weighted by Gasteiger charge is -2.15. The molecule has 8 nitrogen and oxygen atoms in total. The third-order valence-electron chi connectivity index (χ3n) is 5.75. The number of alkyl halides is 2. The van der Waals surface area contributed by atoms with Crippen molar-refractivity contribution in [3.8, 4) is 5.75 Å². The molecule has 2 aromatic carbocycles. The Morgan fingerprint density at radius 1 is 1.05 bits per heavy atom. The monoisotopic (exact) mass is 552 g/mol. The van der Waals surface area contributed by atoms with Gasteiger partial charge in [-0.05, 0) is 41.8 Å². The normalized spacial score (nSPS) is 11.9. The van der Waals surface area contributed by atoms with Gasteiger partial charge >= 0.3 is 11.8 Å². The fraction of sp³-hybridized carbons (Fsp3) is 0.320. The number of benzene rings is 2. The predicted molar refractivity (Wildman–Crippen MR) is 137 cm³/mol. The van der Waals surface area contributed by atoms with Crippen molar-refractivity contribution in [3.63, 3.8) is 0 Å². The van der Waals surface area contributed by atoms with E-state index in [1.807, 2.05) is 12.1 Å². The van der Waals surface area contributed by atoms with Crippen LogP contribution in [-0.4, -0.2) is 36.5 Å². The number of rotatable bonds is 9. The second-order valence-corrected chi connectivity index (χ2v) is 9.48. The van der Waals surface area contributed by atoms with Crippen LogP contribution in [0.25, 0.3) is 11.2 Å². The van der Waals surface area contributed by atoms with Crippen LogP contribution in [0.3, 0.4) is 0 Å². The van der Waals surface area contributed by atoms with Crippen molar-refractivity contribution in [2.24, 2.45) is 7.05 Å². The van der Waals surface area contributed by atoms with Crippen LogP contribution < -0.4 is 16.0 Å². The molecule has 4 rings (SSSR count). The van der Waals surface area contributed by atoms with E-state index in [1.165, 1.54) is 23.7 Å². The number of halogens is 4. The average Bonchev–Trinajstić information content (AvgIpc) is 3.18. The molecule has 4 aromatic rings. The Morgan fingerprint density at radius 2 is 1.73 bits per heavy atom. The molecule has 1 N–H and O–H groups in total. The second-order valence-electron chi connectivity index (χ2n) is 8.64. The summed E-state index contributed by atoms with van der Waals surface area (Å²) in [5.41, 5.74) is 0.680. The molecular weight excluding hydrogens is 529 g/mol. The topological polar surface area (TPSA) is 91.3 Å². The van der Waals surface area contributed by atoms with Crippen molar-refractivity contribution >= 4 is 34.4 Å². The Hall–Kier alpha value is -3.21. The van der Waals surface area contributed by atoms with Crippen LogP contribution in [0.1, 0.15) is 30.3 Å². The molecule has 0 atom stereocenters. The Balaban J connectivity index is 1.88. The van der Waals surface area contributed by atoms with E-state index in [1.54, 1.807) is 22.8 Å². The van der Waals surface area contributed by atoms with Crippen LogP contribution in [0, 0.1) is 0 Å². The number of aliphatic hydroxyl groups excluding tert-OH is 1. The summed E-state index contributed by atoms with van der Waals surface area (Å²) in [6, 6.07) is 11.5. The largest absolute Gasteiger partial charge is 0.431 e. The van der Waals surface area contributed by atoms with Crippen molar-refractivity contribution in [2.75, 3.05) is 6.61 Å². The molecule has 37 heavy (non-hydrogen) atoms. The number of imidazole rings is 1. The van der Waals surface area contributed by atoms with Gasteiger partial charge in [-0.1, -0.05) is 41.4 Å². The highest BCUT2D eigenvalue weighted by Crippen LogP contribution is 2.31. The second kappa shape index (κ2) is 10.6. The lowest BCUT2D eigenvalue weighted by Crippen LogP contribution is -2.40. The number of aromatic nitrogens is 4. The van der Waals surface area contributed by atoms with E-state index in [4.69, 9.17) is 23.2 Å². The minimum Gasteiger partial charge on any atom is -0.431 e. The summed E-state index contributed by atoms with van der Waals surface area (Å²) in [5, 5.41) is 9.80. The lowest BCUT2D eigenvalue weighted by atomic mass is 10.1. The van der Waals surface area contributed by atoms with Gasteiger partial charge in [-0.15, -0.1) is 0 Å². The Kier molecular flexibility index (Phi) is 7.72. The van der Waals surface area contributed by atoms with Crippen LogP contribution in [0.15, 0.2) is 52.1 Å². The third-order valence-corrected chi connectivity index (χ3v) is 6.32. The molecule has 196 valence electrons. The first-order valence-electron chi connectivity index (χ1n) is 11.4. The van der Waals surface area contributed by atoms with E-state index in [-0.39, 0.29) is 54.5 Å². The maximum absolute atomic E-state index is 13.5. The molecular formula is C25H24Cl2F2N4O4. The fourth-order valence-corrected chi connectivity index (χ4v) is 4.31. The van der Waals surface area contributed by atoms with Gasteiger partial charge in [-0.2, -0.15) is 8.78 Å². The minimum absolute atomic E-state index is 0.0223. The van der Waals surface area contributed by atoms with Gasteiger partial charge in [-0.25, -0.2) is 9.78 Å². The summed E-state index contributed by atoms with van der Waals surface area (Å²) in [6.07, 6.45) is -3.06. The van der Waals surface area contributed by atoms with E-state index >= 15 is 0 Å². The Bertz CT molecular complexity index is 1560. The maximum atomic E-state index is 13.5. The Labute approximate surface area is 220 Å². The van der Waals surface area contributed by atoms with Crippen LogP contribution in [0.2, 0.25) is 10.0 Å². The number of nitrogens with zero attached hydrogens (tertiary/aromatic N) is 4. The summed E-state index contributed by atoms with van der Waals surface area (Å²) in [5.74, 6) is 0.235. The van der Waals surface area contributed by atoms with E-state index in [0.29, 0.717) is 23.3 Å². The highest BCUT2D eigenvalue weighted by Gasteiger charge is 2.25. The SMILES string of the molecule is Cn1c(=O)n(CCCO)c(=O)c2c1nc(Cc1ccc(Cl)c(OC(C)(F)F)c1)n2Cc1ccc(Cl)cc1. The van der Waals surface area contributed by atoms with Gasteiger partial charge in [0.1, 0.15) is 11.6 Å². The van der Waals surface area contributed by atoms with Gasteiger partial charge in [-0.3, -0.25) is 13.9 Å². The van der Waals surface area contributed by atoms with Gasteiger partial charge in [0, 0.05) is 45.1 Å². The minimum atomic E-state index is -3.43. The lowest BCUT2D eigenvalue weighted by molar-refractivity contribution is -0.158. The molecule has 0 spiro atoms. The zero-order chi connectivity index (χ0) is 26.9. The summed E-state index contributed by atoms with van der Waals surface area (Å²) in [6.45, 7) is 0.716. The summed E-state index contributed by atoms with van der Waals surface area (Å²) in [4.78, 5) is 30.9. The molecule has 0 aliphatic rings. The predicted octanol–water partition coefficient (Wildman–Crippen LogP) is 4.22. The van der Waals surface area contributed by atoms with Crippen molar-refractivity contribution in [1.29, 1.82) is 0 Å². The molecule has 0 unspecified atom stereocenters. The smallest absolute Gasteiger partial charge is 0.394 e. The standard InChI is InChI=1S/C25H24Cl2F2N4O4/c1-25(28,29)37-19-12-16(6-9-18(19)27)13-20-30-22-21(33(20)14-15-4-7-17(26)8-5-15)23(35)32(10-3-11-34)24(36)31(22)2/h4-9,12,34H,3,10-11,13-14H2,1-2H3. The van der Waals surface area contributed by atoms with E-state index < -0.39 is 17.4 Å². The molecule has 0 radical (unpaired) electrons. The highest BCUT2D eigenvalue weighted by atomic mass is 35.5. The molecule has 0 bridgehead atoms. The fourth-order valence-electron chi connectivity index (χ4n) is 4.03. The quantitative estimate of drug-likeness (QED) is 0.335. The Morgan fingerprint density at radius 3 is 2.38 bits per heavy atom. The maximum Gasteiger partial charge on any atom is 0.394 e. The van der Waals surface area contributed by atoms with Gasteiger partial charge in [0.15, 0.2) is 11.2 Å². The first-order chi connectivity index (χ1) is 17.5. The van der Waals surface area contributed by atoms with Crippen molar-refractivity contribution in [3.05, 3.63) is 90.3 Å². The molecule has 2 heterocycles. The van der Waals surface area contributed by atoms with Gasteiger partial charge < -0.3 is 14.4 Å². The van der Waals surface area contributed by atoms with E-state index in [2.05, 4.69) is 9.72 Å². The molecule has 0 saturated carbocycles. The van der Waals surface area contributed by atoms with Crippen LogP contribution >= 0.6 is 23.2 Å². The first-order valence-corrected chi connectivity index (χ1v) is 12.1. The van der Waals surface area contributed by atoms with Crippen molar-refractivity contribution < 1.29 is 18.6 Å². The summed E-state index contributed by atoms with van der Waals surface area (Å²) in [7, 11) is 1.51. The summed E-state index contributed by atoms with van der Waals surface area (Å²) >= 11 is 12.1. The summed E-state index contributed by atoms with van der Waals surface area (Å²) < 4.78 is 35.7. The molecule has 12 heteroatoms. The van der Waals surface area contributed by atoms with Crippen LogP contribution in [0.4, 0.5) is 8.78 Å². The first kappa shape index (κ1) is 26.8. The number of aryl methyl sites for hydroxylation is 1. The number of fused-ring (bicyclic) bond motifs is 1. The molecule has 2 aromatic heterocycles. The number of ether oxygens (including phenoxy) is 1.